The molecule has 2 fully saturated rings. The summed E-state index contributed by atoms with van der Waals surface area (Å²) in [7, 11) is 0. The van der Waals surface area contributed by atoms with E-state index in [1.165, 1.54) is 24.8 Å². The average molecular weight is 258 g/mol. The Kier molecular flexibility index (Phi) is 2.33. The van der Waals surface area contributed by atoms with Crippen molar-refractivity contribution in [3.8, 4) is 5.75 Å². The third-order valence-electron chi connectivity index (χ3n) is 5.16. The molecule has 1 aromatic rings. The summed E-state index contributed by atoms with van der Waals surface area (Å²) in [6, 6.07) is 6.26. The van der Waals surface area contributed by atoms with E-state index >= 15 is 0 Å². The minimum Gasteiger partial charge on any atom is -0.487 e. The Bertz CT molecular complexity index is 510. The van der Waals surface area contributed by atoms with Crippen LogP contribution >= 0.6 is 0 Å². The van der Waals surface area contributed by atoms with E-state index in [0.717, 1.165) is 29.6 Å². The van der Waals surface area contributed by atoms with Gasteiger partial charge in [0.05, 0.1) is 6.10 Å². The summed E-state index contributed by atoms with van der Waals surface area (Å²) in [5.41, 5.74) is 2.25. The van der Waals surface area contributed by atoms with Crippen molar-refractivity contribution in [3.05, 3.63) is 29.3 Å². The first-order chi connectivity index (χ1) is 9.02. The van der Waals surface area contributed by atoms with Gasteiger partial charge in [-0.2, -0.15) is 0 Å². The van der Waals surface area contributed by atoms with Crippen LogP contribution in [0.5, 0.6) is 5.75 Å². The fourth-order valence-corrected chi connectivity index (χ4v) is 4.11. The van der Waals surface area contributed by atoms with Crippen LogP contribution in [0.1, 0.15) is 50.3 Å². The maximum absolute atomic E-state index is 10.6. The lowest BCUT2D eigenvalue weighted by molar-refractivity contribution is 0.104. The second kappa shape index (κ2) is 3.76. The highest BCUT2D eigenvalue weighted by atomic mass is 16.5. The molecule has 2 heteroatoms. The lowest BCUT2D eigenvalue weighted by atomic mass is 9.90. The van der Waals surface area contributed by atoms with Crippen molar-refractivity contribution >= 4 is 0 Å². The number of aliphatic hydroxyl groups excluding tert-OH is 1. The summed E-state index contributed by atoms with van der Waals surface area (Å²) >= 11 is 0. The van der Waals surface area contributed by atoms with E-state index in [9.17, 15) is 5.11 Å². The predicted molar refractivity (Wildman–Crippen MR) is 74.1 cm³/mol. The third kappa shape index (κ3) is 1.97. The molecule has 1 heterocycles. The second-order valence-corrected chi connectivity index (χ2v) is 7.34. The number of rotatable bonds is 2. The van der Waals surface area contributed by atoms with Gasteiger partial charge in [0, 0.05) is 6.42 Å². The first-order valence-electron chi connectivity index (χ1n) is 7.52. The zero-order valence-electron chi connectivity index (χ0n) is 11.7. The van der Waals surface area contributed by atoms with E-state index in [2.05, 4.69) is 26.0 Å². The average Bonchev–Trinajstić information content (AvgIpc) is 2.82. The van der Waals surface area contributed by atoms with Crippen molar-refractivity contribution in [1.82, 2.24) is 0 Å². The molecule has 0 radical (unpaired) electrons. The van der Waals surface area contributed by atoms with Gasteiger partial charge in [-0.1, -0.05) is 6.07 Å². The number of hydrogen-bond donors (Lipinski definition) is 1. The normalized spacial score (nSPS) is 35.4. The molecule has 2 aliphatic carbocycles. The second-order valence-electron chi connectivity index (χ2n) is 7.34. The highest BCUT2D eigenvalue weighted by Gasteiger charge is 2.48. The standard InChI is InChI=1S/C17H22O2/c1-17(2)9-14-5-10(3-4-15(14)19-17)16(18)13-7-11-6-12(11)8-13/h3-5,11-13,16,18H,6-9H2,1-2H3. The molecule has 1 aliphatic heterocycles. The van der Waals surface area contributed by atoms with Crippen LogP contribution in [0.25, 0.3) is 0 Å². The summed E-state index contributed by atoms with van der Waals surface area (Å²) in [6.45, 7) is 4.24. The molecule has 0 bridgehead atoms. The molecule has 4 rings (SSSR count). The van der Waals surface area contributed by atoms with Gasteiger partial charge in [-0.25, -0.2) is 0 Å². The first-order valence-corrected chi connectivity index (χ1v) is 7.52. The lowest BCUT2D eigenvalue weighted by Gasteiger charge is -2.20. The highest BCUT2D eigenvalue weighted by molar-refractivity contribution is 5.42. The Morgan fingerprint density at radius 1 is 1.21 bits per heavy atom. The van der Waals surface area contributed by atoms with Crippen LogP contribution < -0.4 is 4.74 Å². The van der Waals surface area contributed by atoms with Gasteiger partial charge in [-0.05, 0) is 74.1 Å². The molecule has 3 aliphatic rings. The number of fused-ring (bicyclic) bond motifs is 2. The van der Waals surface area contributed by atoms with Gasteiger partial charge in [0.1, 0.15) is 11.4 Å². The van der Waals surface area contributed by atoms with Crippen LogP contribution in [0.4, 0.5) is 0 Å². The van der Waals surface area contributed by atoms with Gasteiger partial charge in [-0.15, -0.1) is 0 Å². The van der Waals surface area contributed by atoms with Crippen molar-refractivity contribution in [2.24, 2.45) is 17.8 Å². The summed E-state index contributed by atoms with van der Waals surface area (Å²) in [5.74, 6) is 3.33. The monoisotopic (exact) mass is 258 g/mol. The maximum Gasteiger partial charge on any atom is 0.123 e. The van der Waals surface area contributed by atoms with Crippen molar-refractivity contribution in [2.75, 3.05) is 0 Å². The van der Waals surface area contributed by atoms with Crippen molar-refractivity contribution < 1.29 is 9.84 Å². The molecular weight excluding hydrogens is 236 g/mol. The number of ether oxygens (including phenoxy) is 1. The Hall–Kier alpha value is -1.02. The molecule has 2 nitrogen and oxygen atoms in total. The Balaban J connectivity index is 1.56. The quantitative estimate of drug-likeness (QED) is 0.880. The first kappa shape index (κ1) is 11.8. The van der Waals surface area contributed by atoms with Crippen molar-refractivity contribution in [1.29, 1.82) is 0 Å². The van der Waals surface area contributed by atoms with Gasteiger partial charge in [-0.3, -0.25) is 0 Å². The zero-order chi connectivity index (χ0) is 13.2. The Morgan fingerprint density at radius 3 is 2.68 bits per heavy atom. The largest absolute Gasteiger partial charge is 0.487 e. The molecule has 0 amide bonds. The fourth-order valence-electron chi connectivity index (χ4n) is 4.11. The minimum absolute atomic E-state index is 0.0963. The van der Waals surface area contributed by atoms with Crippen LogP contribution in [0.2, 0.25) is 0 Å². The minimum atomic E-state index is -0.276. The highest BCUT2D eigenvalue weighted by Crippen LogP contribution is 2.57. The number of benzene rings is 1. The summed E-state index contributed by atoms with van der Waals surface area (Å²) in [6.07, 6.45) is 4.53. The molecular formula is C17H22O2. The molecule has 3 unspecified atom stereocenters. The van der Waals surface area contributed by atoms with E-state index < -0.39 is 0 Å². The summed E-state index contributed by atoms with van der Waals surface area (Å²) in [5, 5.41) is 10.6. The fraction of sp³-hybridized carbons (Fsp3) is 0.647. The van der Waals surface area contributed by atoms with Gasteiger partial charge in [0.25, 0.3) is 0 Å². The molecule has 0 saturated heterocycles. The maximum atomic E-state index is 10.6. The third-order valence-corrected chi connectivity index (χ3v) is 5.16. The van der Waals surface area contributed by atoms with E-state index in [-0.39, 0.29) is 11.7 Å². The summed E-state index contributed by atoms with van der Waals surface area (Å²) < 4.78 is 5.90. The Morgan fingerprint density at radius 2 is 1.95 bits per heavy atom. The van der Waals surface area contributed by atoms with Crippen LogP contribution in [-0.2, 0) is 6.42 Å². The molecule has 2 saturated carbocycles. The molecule has 0 spiro atoms. The van der Waals surface area contributed by atoms with E-state index in [1.54, 1.807) is 0 Å². The van der Waals surface area contributed by atoms with Crippen LogP contribution in [0.3, 0.4) is 0 Å². The number of hydrogen-bond acceptors (Lipinski definition) is 2. The number of aliphatic hydroxyl groups is 1. The molecule has 0 aromatic heterocycles. The molecule has 3 atom stereocenters. The smallest absolute Gasteiger partial charge is 0.123 e. The lowest BCUT2D eigenvalue weighted by Crippen LogP contribution is -2.24. The van der Waals surface area contributed by atoms with E-state index in [4.69, 9.17) is 4.74 Å². The predicted octanol–water partition coefficient (Wildman–Crippen LogP) is 3.48. The molecule has 102 valence electrons. The SMILES string of the molecule is CC1(C)Cc2cc(C(O)C3CC4CC4C3)ccc2O1. The van der Waals surface area contributed by atoms with E-state index in [1.807, 2.05) is 6.07 Å². The van der Waals surface area contributed by atoms with Crippen LogP contribution in [0, 0.1) is 17.8 Å². The van der Waals surface area contributed by atoms with Gasteiger partial charge in [0.15, 0.2) is 0 Å². The molecule has 1 N–H and O–H groups in total. The molecule has 19 heavy (non-hydrogen) atoms. The van der Waals surface area contributed by atoms with Gasteiger partial charge in [0.2, 0.25) is 0 Å². The van der Waals surface area contributed by atoms with E-state index in [0.29, 0.717) is 5.92 Å². The topological polar surface area (TPSA) is 29.5 Å². The van der Waals surface area contributed by atoms with Crippen LogP contribution in [-0.4, -0.2) is 10.7 Å². The van der Waals surface area contributed by atoms with Gasteiger partial charge >= 0.3 is 0 Å². The van der Waals surface area contributed by atoms with Crippen LogP contribution in [0.15, 0.2) is 18.2 Å². The van der Waals surface area contributed by atoms with Crippen molar-refractivity contribution in [3.63, 3.8) is 0 Å². The van der Waals surface area contributed by atoms with Crippen molar-refractivity contribution in [2.45, 2.75) is 51.2 Å². The van der Waals surface area contributed by atoms with Gasteiger partial charge < -0.3 is 9.84 Å². The Labute approximate surface area is 114 Å². The zero-order valence-corrected chi connectivity index (χ0v) is 11.7. The molecule has 1 aromatic carbocycles. The summed E-state index contributed by atoms with van der Waals surface area (Å²) in [4.78, 5) is 0.